The van der Waals surface area contributed by atoms with E-state index in [9.17, 15) is 14.4 Å². The van der Waals surface area contributed by atoms with Crippen LogP contribution in [0.3, 0.4) is 0 Å². The van der Waals surface area contributed by atoms with Crippen LogP contribution in [0.4, 0.5) is 10.5 Å². The zero-order valence-corrected chi connectivity index (χ0v) is 14.3. The third kappa shape index (κ3) is 5.45. The second-order valence-corrected chi connectivity index (χ2v) is 5.42. The number of carbonyl (C=O) groups excluding carboxylic acids is 3. The number of amides is 4. The highest BCUT2D eigenvalue weighted by atomic mass is 16.5. The van der Waals surface area contributed by atoms with E-state index in [4.69, 9.17) is 10.5 Å². The number of nitrogens with two attached hydrogens (primary N) is 1. The monoisotopic (exact) mass is 336 g/mol. The van der Waals surface area contributed by atoms with Crippen molar-refractivity contribution in [3.05, 3.63) is 23.8 Å². The van der Waals surface area contributed by atoms with Crippen LogP contribution in [-0.4, -0.2) is 37.0 Å². The van der Waals surface area contributed by atoms with Crippen LogP contribution < -0.4 is 26.4 Å². The van der Waals surface area contributed by atoms with Crippen LogP contribution in [0.5, 0.6) is 5.75 Å². The fraction of sp³-hybridized carbons (Fsp3) is 0.438. The number of hydrogen-bond donors (Lipinski definition) is 4. The first-order chi connectivity index (χ1) is 11.3. The summed E-state index contributed by atoms with van der Waals surface area (Å²) in [6.07, 6.45) is 0.793. The normalized spacial score (nSPS) is 12.7. The second-order valence-electron chi connectivity index (χ2n) is 5.42. The van der Waals surface area contributed by atoms with Gasteiger partial charge < -0.3 is 26.4 Å². The molecule has 0 saturated carbocycles. The van der Waals surface area contributed by atoms with Gasteiger partial charge in [0.1, 0.15) is 11.8 Å². The van der Waals surface area contributed by atoms with E-state index in [0.29, 0.717) is 5.75 Å². The fourth-order valence-electron chi connectivity index (χ4n) is 1.85. The molecule has 0 aliphatic heterocycles. The molecule has 4 amide bonds. The minimum Gasteiger partial charge on any atom is -0.495 e. The molecular weight excluding hydrogens is 312 g/mol. The molecule has 24 heavy (non-hydrogen) atoms. The maximum atomic E-state index is 12.1. The van der Waals surface area contributed by atoms with Gasteiger partial charge in [-0.25, -0.2) is 4.79 Å². The molecule has 0 aromatic heterocycles. The molecule has 0 bridgehead atoms. The van der Waals surface area contributed by atoms with Crippen LogP contribution in [0.1, 0.15) is 37.6 Å². The lowest BCUT2D eigenvalue weighted by Gasteiger charge is -2.18. The first-order valence-electron chi connectivity index (χ1n) is 7.64. The first kappa shape index (κ1) is 19.3. The average Bonchev–Trinajstić information content (AvgIpc) is 2.54. The summed E-state index contributed by atoms with van der Waals surface area (Å²) in [6, 6.07) is 3.13. The summed E-state index contributed by atoms with van der Waals surface area (Å²) >= 11 is 0. The molecule has 1 aromatic rings. The molecule has 0 radical (unpaired) electrons. The van der Waals surface area contributed by atoms with Crippen LogP contribution in [0.25, 0.3) is 0 Å². The fourth-order valence-corrected chi connectivity index (χ4v) is 1.85. The van der Waals surface area contributed by atoms with Crippen LogP contribution in [0.2, 0.25) is 0 Å². The van der Waals surface area contributed by atoms with Crippen molar-refractivity contribution in [1.82, 2.24) is 10.6 Å². The van der Waals surface area contributed by atoms with Crippen molar-refractivity contribution in [2.24, 2.45) is 5.73 Å². The third-order valence-corrected chi connectivity index (χ3v) is 3.47. The maximum Gasteiger partial charge on any atom is 0.319 e. The summed E-state index contributed by atoms with van der Waals surface area (Å²) in [5.74, 6) is -0.536. The highest BCUT2D eigenvalue weighted by Gasteiger charge is 2.18. The van der Waals surface area contributed by atoms with E-state index in [0.717, 1.165) is 6.42 Å². The number of urea groups is 1. The average molecular weight is 336 g/mol. The van der Waals surface area contributed by atoms with Crippen molar-refractivity contribution in [2.45, 2.75) is 39.3 Å². The molecule has 132 valence electrons. The Kier molecular flexibility index (Phi) is 7.03. The number of benzene rings is 1. The Balaban J connectivity index is 2.75. The molecule has 0 aliphatic carbocycles. The number of methoxy groups -OCH3 is 1. The summed E-state index contributed by atoms with van der Waals surface area (Å²) in [4.78, 5) is 35.2. The number of anilines is 1. The Labute approximate surface area is 141 Å². The van der Waals surface area contributed by atoms with Crippen molar-refractivity contribution in [3.8, 4) is 5.75 Å². The number of nitrogens with one attached hydrogen (secondary N) is 3. The standard InChI is InChI=1S/C16H24N4O4/c1-5-9(2)18-15(22)10(3)19-16(23)20-12-8-11(14(17)21)6-7-13(12)24-4/h6-10H,5H2,1-4H3,(H2,17,21)(H,18,22)(H2,19,20,23). The van der Waals surface area contributed by atoms with Crippen molar-refractivity contribution in [1.29, 1.82) is 0 Å². The van der Waals surface area contributed by atoms with E-state index >= 15 is 0 Å². The Morgan fingerprint density at radius 3 is 2.42 bits per heavy atom. The number of rotatable bonds is 7. The Hall–Kier alpha value is -2.77. The molecule has 0 aliphatic rings. The lowest BCUT2D eigenvalue weighted by atomic mass is 10.2. The second kappa shape index (κ2) is 8.76. The largest absolute Gasteiger partial charge is 0.495 e. The van der Waals surface area contributed by atoms with Crippen LogP contribution in [0, 0.1) is 0 Å². The van der Waals surface area contributed by atoms with E-state index in [1.165, 1.54) is 25.3 Å². The van der Waals surface area contributed by atoms with Gasteiger partial charge >= 0.3 is 6.03 Å². The highest BCUT2D eigenvalue weighted by molar-refractivity contribution is 5.98. The van der Waals surface area contributed by atoms with E-state index in [2.05, 4.69) is 16.0 Å². The van der Waals surface area contributed by atoms with Gasteiger partial charge in [-0.15, -0.1) is 0 Å². The Morgan fingerprint density at radius 1 is 1.21 bits per heavy atom. The minimum absolute atomic E-state index is 0.0251. The zero-order valence-electron chi connectivity index (χ0n) is 14.3. The van der Waals surface area contributed by atoms with Gasteiger partial charge in [0.2, 0.25) is 11.8 Å². The summed E-state index contributed by atoms with van der Waals surface area (Å²) < 4.78 is 5.13. The van der Waals surface area contributed by atoms with Crippen molar-refractivity contribution in [3.63, 3.8) is 0 Å². The summed E-state index contributed by atoms with van der Waals surface area (Å²) in [5, 5.41) is 7.85. The molecule has 0 spiro atoms. The molecule has 8 heteroatoms. The predicted octanol–water partition coefficient (Wildman–Crippen LogP) is 1.22. The third-order valence-electron chi connectivity index (χ3n) is 3.47. The summed E-state index contributed by atoms with van der Waals surface area (Å²) in [7, 11) is 1.44. The van der Waals surface area contributed by atoms with Crippen LogP contribution in [-0.2, 0) is 4.79 Å². The van der Waals surface area contributed by atoms with Gasteiger partial charge in [0.15, 0.2) is 0 Å². The summed E-state index contributed by atoms with van der Waals surface area (Å²) in [5.41, 5.74) is 5.73. The van der Waals surface area contributed by atoms with Gasteiger partial charge in [-0.3, -0.25) is 9.59 Å². The van der Waals surface area contributed by atoms with Gasteiger partial charge in [0, 0.05) is 11.6 Å². The van der Waals surface area contributed by atoms with Crippen molar-refractivity contribution < 1.29 is 19.1 Å². The number of carbonyl (C=O) groups is 3. The first-order valence-corrected chi connectivity index (χ1v) is 7.64. The SMILES string of the molecule is CCC(C)NC(=O)C(C)NC(=O)Nc1cc(C(N)=O)ccc1OC. The van der Waals surface area contributed by atoms with E-state index in [-0.39, 0.29) is 23.2 Å². The summed E-state index contributed by atoms with van der Waals surface area (Å²) in [6.45, 7) is 5.41. The molecule has 0 heterocycles. The van der Waals surface area contributed by atoms with Gasteiger partial charge in [-0.1, -0.05) is 6.92 Å². The predicted molar refractivity (Wildman–Crippen MR) is 91.0 cm³/mol. The smallest absolute Gasteiger partial charge is 0.319 e. The van der Waals surface area contributed by atoms with Crippen molar-refractivity contribution >= 4 is 23.5 Å². The van der Waals surface area contributed by atoms with Gasteiger partial charge in [0.05, 0.1) is 12.8 Å². The van der Waals surface area contributed by atoms with Gasteiger partial charge in [-0.2, -0.15) is 0 Å². The molecule has 2 unspecified atom stereocenters. The zero-order chi connectivity index (χ0) is 18.3. The number of primary amides is 1. The lowest BCUT2D eigenvalue weighted by Crippen LogP contribution is -2.48. The molecule has 0 saturated heterocycles. The number of hydrogen-bond acceptors (Lipinski definition) is 4. The molecule has 1 rings (SSSR count). The van der Waals surface area contributed by atoms with Crippen LogP contribution >= 0.6 is 0 Å². The molecule has 5 N–H and O–H groups in total. The molecular formula is C16H24N4O4. The van der Waals surface area contributed by atoms with Gasteiger partial charge in [-0.05, 0) is 38.5 Å². The molecule has 8 nitrogen and oxygen atoms in total. The molecule has 1 aromatic carbocycles. The van der Waals surface area contributed by atoms with E-state index in [1.807, 2.05) is 13.8 Å². The maximum absolute atomic E-state index is 12.1. The lowest BCUT2D eigenvalue weighted by molar-refractivity contribution is -0.123. The Morgan fingerprint density at radius 2 is 1.88 bits per heavy atom. The quantitative estimate of drug-likeness (QED) is 0.598. The van der Waals surface area contributed by atoms with Crippen LogP contribution in [0.15, 0.2) is 18.2 Å². The van der Waals surface area contributed by atoms with E-state index < -0.39 is 18.0 Å². The topological polar surface area (TPSA) is 123 Å². The minimum atomic E-state index is -0.718. The molecule has 0 fully saturated rings. The van der Waals surface area contributed by atoms with Gasteiger partial charge in [0.25, 0.3) is 0 Å². The number of ether oxygens (including phenoxy) is 1. The van der Waals surface area contributed by atoms with Crippen molar-refractivity contribution in [2.75, 3.05) is 12.4 Å². The van der Waals surface area contributed by atoms with E-state index in [1.54, 1.807) is 6.92 Å². The highest BCUT2D eigenvalue weighted by Crippen LogP contribution is 2.25. The Bertz CT molecular complexity index is 618. The molecule has 2 atom stereocenters.